The summed E-state index contributed by atoms with van der Waals surface area (Å²) in [5.74, 6) is 0. The molecule has 0 atom stereocenters. The summed E-state index contributed by atoms with van der Waals surface area (Å²) in [5, 5.41) is 0. The molecule has 0 spiro atoms. The van der Waals surface area contributed by atoms with Gasteiger partial charge in [-0.3, -0.25) is 0 Å². The summed E-state index contributed by atoms with van der Waals surface area (Å²) in [6, 6.07) is 0. The second-order valence-electron chi connectivity index (χ2n) is 0.865. The summed E-state index contributed by atoms with van der Waals surface area (Å²) >= 11 is -4.21. The maximum atomic E-state index is 5.05. The van der Waals surface area contributed by atoms with E-state index in [1.807, 2.05) is 0 Å². The van der Waals surface area contributed by atoms with Crippen LogP contribution in [-0.2, 0) is 11.3 Å². The molecule has 39 valence electrons. The SMILES string of the molecule is [NH2][Ti]([Cl])([Cl])([Cl])[Cl]. The predicted molar refractivity (Wildman–Crippen MR) is 27.6 cm³/mol. The molecule has 0 bridgehead atoms. The molecule has 0 fully saturated rings. The monoisotopic (exact) mass is 204 g/mol. The first-order valence-electron chi connectivity index (χ1n) is 1.04. The Hall–Kier alpha value is 1.83. The topological polar surface area (TPSA) is 26.0 Å². The molecule has 0 unspecified atom stereocenters. The third-order valence-electron chi connectivity index (χ3n) is 0. The number of hydrogen-bond donors (Lipinski definition) is 1. The molecule has 0 radical (unpaired) electrons. The Morgan fingerprint density at radius 1 is 1.00 bits per heavy atom. The van der Waals surface area contributed by atoms with E-state index < -0.39 is 11.3 Å². The fourth-order valence-corrected chi connectivity index (χ4v) is 0. The minimum absolute atomic E-state index is 4.21. The van der Waals surface area contributed by atoms with E-state index in [4.69, 9.17) is 41.4 Å². The molecule has 6 heteroatoms. The molecule has 0 aromatic heterocycles. The summed E-state index contributed by atoms with van der Waals surface area (Å²) in [6.45, 7) is 0. The van der Waals surface area contributed by atoms with Crippen molar-refractivity contribution in [3.63, 3.8) is 0 Å². The Bertz CT molecular complexity index is 40.7. The van der Waals surface area contributed by atoms with E-state index in [-0.39, 0.29) is 0 Å². The Balaban J connectivity index is 3.73. The third kappa shape index (κ3) is 40.5. The molecule has 0 aliphatic heterocycles. The van der Waals surface area contributed by atoms with E-state index >= 15 is 0 Å². The van der Waals surface area contributed by atoms with Crippen LogP contribution in [0.25, 0.3) is 0 Å². The van der Waals surface area contributed by atoms with Gasteiger partial charge < -0.3 is 0 Å². The Morgan fingerprint density at radius 2 is 1.00 bits per heavy atom. The summed E-state index contributed by atoms with van der Waals surface area (Å²) < 4.78 is 4.85. The van der Waals surface area contributed by atoms with Crippen LogP contribution in [0.1, 0.15) is 0 Å². The van der Waals surface area contributed by atoms with E-state index in [0.29, 0.717) is 0 Å². The molecule has 0 saturated carbocycles. The van der Waals surface area contributed by atoms with E-state index in [1.165, 1.54) is 0 Å². The first-order chi connectivity index (χ1) is 2.24. The molecular weight excluding hydrogens is 204 g/mol. The van der Waals surface area contributed by atoms with Crippen molar-refractivity contribution in [1.29, 1.82) is 0 Å². The molecule has 0 aromatic carbocycles. The fraction of sp³-hybridized carbons (Fsp3) is 0. The molecule has 0 aliphatic carbocycles. The zero-order valence-electron chi connectivity index (χ0n) is 2.59. The van der Waals surface area contributed by atoms with Crippen molar-refractivity contribution in [2.75, 3.05) is 0 Å². The predicted octanol–water partition coefficient (Wildman–Crippen LogP) is 2.16. The molecular formula is H2Cl4NTi. The van der Waals surface area contributed by atoms with Crippen molar-refractivity contribution >= 4 is 37.2 Å². The number of halogens is 4. The summed E-state index contributed by atoms with van der Waals surface area (Å²) in [6.07, 6.45) is 0. The number of hydrogen-bond acceptors (Lipinski definition) is 1. The Labute approximate surface area is 52.4 Å². The summed E-state index contributed by atoms with van der Waals surface area (Å²) in [4.78, 5) is 0. The van der Waals surface area contributed by atoms with Crippen molar-refractivity contribution in [2.24, 2.45) is 4.22 Å². The number of rotatable bonds is 0. The summed E-state index contributed by atoms with van der Waals surface area (Å²) in [5.41, 5.74) is 0. The van der Waals surface area contributed by atoms with E-state index in [2.05, 4.69) is 0 Å². The fourth-order valence-electron chi connectivity index (χ4n) is 0. The first-order valence-corrected chi connectivity index (χ1v) is 10.5. The van der Waals surface area contributed by atoms with Gasteiger partial charge in [0.2, 0.25) is 0 Å². The molecule has 0 aromatic rings. The molecule has 0 amide bonds. The van der Waals surface area contributed by atoms with Crippen molar-refractivity contribution in [1.82, 2.24) is 0 Å². The normalized spacial score (nSPS) is 19.2. The zero-order chi connectivity index (χ0) is 5.45. The van der Waals surface area contributed by atoms with Crippen LogP contribution in [0.5, 0.6) is 0 Å². The van der Waals surface area contributed by atoms with Crippen LogP contribution >= 0.6 is 37.2 Å². The molecule has 0 rings (SSSR count). The number of nitrogens with two attached hydrogens (primary N) is 1. The van der Waals surface area contributed by atoms with Gasteiger partial charge in [-0.05, 0) is 0 Å². The summed E-state index contributed by atoms with van der Waals surface area (Å²) in [7, 11) is 20.2. The van der Waals surface area contributed by atoms with Crippen LogP contribution in [0, 0.1) is 0 Å². The van der Waals surface area contributed by atoms with Crippen LogP contribution in [0.3, 0.4) is 0 Å². The van der Waals surface area contributed by atoms with Crippen molar-refractivity contribution in [2.45, 2.75) is 0 Å². The average Bonchev–Trinajstić information content (AvgIpc) is 0.650. The van der Waals surface area contributed by atoms with Gasteiger partial charge in [0.05, 0.1) is 0 Å². The van der Waals surface area contributed by atoms with E-state index in [9.17, 15) is 0 Å². The van der Waals surface area contributed by atoms with Gasteiger partial charge in [0, 0.05) is 0 Å². The van der Waals surface area contributed by atoms with E-state index in [1.54, 1.807) is 0 Å². The Kier molecular flexibility index (Phi) is 2.17. The van der Waals surface area contributed by atoms with Crippen LogP contribution in [0.4, 0.5) is 0 Å². The molecule has 2 N–H and O–H groups in total. The molecule has 6 heavy (non-hydrogen) atoms. The van der Waals surface area contributed by atoms with Gasteiger partial charge in [-0.2, -0.15) is 0 Å². The van der Waals surface area contributed by atoms with Crippen LogP contribution in [0.2, 0.25) is 0 Å². The second kappa shape index (κ2) is 1.66. The Morgan fingerprint density at radius 3 is 1.00 bits per heavy atom. The van der Waals surface area contributed by atoms with Gasteiger partial charge in [0.25, 0.3) is 0 Å². The van der Waals surface area contributed by atoms with Gasteiger partial charge >= 0.3 is 52.8 Å². The van der Waals surface area contributed by atoms with Gasteiger partial charge in [0.1, 0.15) is 0 Å². The van der Waals surface area contributed by atoms with Crippen molar-refractivity contribution in [3.05, 3.63) is 0 Å². The minimum atomic E-state index is -4.21. The van der Waals surface area contributed by atoms with Crippen molar-refractivity contribution < 1.29 is 11.3 Å². The van der Waals surface area contributed by atoms with Crippen LogP contribution in [-0.4, -0.2) is 0 Å². The molecule has 0 aliphatic rings. The molecule has 0 saturated heterocycles. The molecule has 1 nitrogen and oxygen atoms in total. The molecule has 0 heterocycles. The first kappa shape index (κ1) is 7.83. The van der Waals surface area contributed by atoms with Crippen LogP contribution < -0.4 is 4.22 Å². The quantitative estimate of drug-likeness (QED) is 0.603. The standard InChI is InChI=1S/4ClH.H2N.Ti/h4*1H;1H2;/q;;;;-1;+5/p-4. The van der Waals surface area contributed by atoms with Gasteiger partial charge in [0.15, 0.2) is 0 Å². The maximum absolute atomic E-state index is 5.05. The van der Waals surface area contributed by atoms with Gasteiger partial charge in [-0.1, -0.05) is 0 Å². The zero-order valence-corrected chi connectivity index (χ0v) is 7.17. The van der Waals surface area contributed by atoms with Gasteiger partial charge in [-0.25, -0.2) is 0 Å². The third-order valence-corrected chi connectivity index (χ3v) is 0. The van der Waals surface area contributed by atoms with Gasteiger partial charge in [-0.15, -0.1) is 0 Å². The second-order valence-corrected chi connectivity index (χ2v) is 21.3. The average molecular weight is 206 g/mol. The van der Waals surface area contributed by atoms with Crippen molar-refractivity contribution in [3.8, 4) is 0 Å². The van der Waals surface area contributed by atoms with Crippen LogP contribution in [0.15, 0.2) is 0 Å². The van der Waals surface area contributed by atoms with E-state index in [0.717, 1.165) is 0 Å².